The average Bonchev–Trinajstić information content (AvgIpc) is 3.21. The molecule has 32 heavy (non-hydrogen) atoms. The largest absolute Gasteiger partial charge is 0.342 e. The van der Waals surface area contributed by atoms with Crippen molar-refractivity contribution in [3.63, 3.8) is 0 Å². The smallest absolute Gasteiger partial charge is 0.332 e. The molecule has 0 saturated carbocycles. The molecule has 5 rings (SSSR count). The van der Waals surface area contributed by atoms with Gasteiger partial charge >= 0.3 is 5.69 Å². The summed E-state index contributed by atoms with van der Waals surface area (Å²) < 4.78 is 17.8. The molecular formula is C24H24FN5O2. The standard InChI is InChI=1S/C24H24FN5O2/c1-27-21-20(22(31)30(24(27)32)16-18-8-10-19(25)11-9-18)29-14-5-13-28(23(29)26-21)15-12-17-6-3-2-4-7-17/h2-4,6-11H,5,12-16H2,1H3. The van der Waals surface area contributed by atoms with Crippen LogP contribution in [-0.2, 0) is 26.6 Å². The van der Waals surface area contributed by atoms with Gasteiger partial charge in [-0.2, -0.15) is 4.98 Å². The van der Waals surface area contributed by atoms with Gasteiger partial charge in [-0.3, -0.25) is 13.9 Å². The van der Waals surface area contributed by atoms with Crippen LogP contribution in [0.15, 0.2) is 64.2 Å². The third kappa shape index (κ3) is 3.51. The van der Waals surface area contributed by atoms with Crippen LogP contribution >= 0.6 is 0 Å². The lowest BCUT2D eigenvalue weighted by molar-refractivity contribution is 0.562. The average molecular weight is 433 g/mol. The van der Waals surface area contributed by atoms with Gasteiger partial charge in [0.1, 0.15) is 5.82 Å². The van der Waals surface area contributed by atoms with E-state index in [-0.39, 0.29) is 17.9 Å². The summed E-state index contributed by atoms with van der Waals surface area (Å²) in [5.74, 6) is 0.374. The highest BCUT2D eigenvalue weighted by molar-refractivity contribution is 5.75. The summed E-state index contributed by atoms with van der Waals surface area (Å²) in [6, 6.07) is 16.1. The lowest BCUT2D eigenvalue weighted by atomic mass is 10.1. The van der Waals surface area contributed by atoms with E-state index in [9.17, 15) is 14.0 Å². The van der Waals surface area contributed by atoms with Crippen molar-refractivity contribution < 1.29 is 4.39 Å². The first-order chi connectivity index (χ1) is 15.5. The van der Waals surface area contributed by atoms with Crippen LogP contribution in [0.4, 0.5) is 10.3 Å². The van der Waals surface area contributed by atoms with Crippen molar-refractivity contribution in [1.29, 1.82) is 0 Å². The highest BCUT2D eigenvalue weighted by Gasteiger charge is 2.26. The maximum absolute atomic E-state index is 13.4. The number of rotatable bonds is 5. The third-order valence-electron chi connectivity index (χ3n) is 6.07. The summed E-state index contributed by atoms with van der Waals surface area (Å²) >= 11 is 0. The summed E-state index contributed by atoms with van der Waals surface area (Å²) in [4.78, 5) is 33.3. The van der Waals surface area contributed by atoms with Crippen LogP contribution in [0.3, 0.4) is 0 Å². The lowest BCUT2D eigenvalue weighted by Crippen LogP contribution is -2.40. The van der Waals surface area contributed by atoms with E-state index < -0.39 is 5.69 Å². The van der Waals surface area contributed by atoms with Crippen molar-refractivity contribution in [1.82, 2.24) is 18.7 Å². The van der Waals surface area contributed by atoms with Gasteiger partial charge in [0.25, 0.3) is 5.56 Å². The SMILES string of the molecule is Cn1c(=O)n(Cc2ccc(F)cc2)c(=O)c2c1nc1n2CCCN1CCc1ccccc1. The second-order valence-corrected chi connectivity index (χ2v) is 8.17. The fourth-order valence-corrected chi connectivity index (χ4v) is 4.37. The Morgan fingerprint density at radius 3 is 2.47 bits per heavy atom. The maximum Gasteiger partial charge on any atom is 0.332 e. The number of nitrogens with zero attached hydrogens (tertiary/aromatic N) is 5. The monoisotopic (exact) mass is 433 g/mol. The van der Waals surface area contributed by atoms with Gasteiger partial charge in [-0.1, -0.05) is 42.5 Å². The summed E-state index contributed by atoms with van der Waals surface area (Å²) in [6.07, 6.45) is 1.77. The Morgan fingerprint density at radius 2 is 1.72 bits per heavy atom. The van der Waals surface area contributed by atoms with Gasteiger partial charge in [0.05, 0.1) is 6.54 Å². The summed E-state index contributed by atoms with van der Waals surface area (Å²) in [6.45, 7) is 2.40. The molecule has 2 aromatic carbocycles. The van der Waals surface area contributed by atoms with Crippen molar-refractivity contribution in [3.8, 4) is 0 Å². The molecule has 0 bridgehead atoms. The molecule has 0 fully saturated rings. The van der Waals surface area contributed by atoms with Gasteiger partial charge in [-0.15, -0.1) is 0 Å². The van der Waals surface area contributed by atoms with Crippen LogP contribution in [0.25, 0.3) is 11.2 Å². The summed E-state index contributed by atoms with van der Waals surface area (Å²) in [5.41, 5.74) is 1.97. The zero-order chi connectivity index (χ0) is 22.2. The van der Waals surface area contributed by atoms with Gasteiger partial charge < -0.3 is 9.47 Å². The normalized spacial score (nSPS) is 13.5. The molecule has 0 radical (unpaired) electrons. The van der Waals surface area contributed by atoms with E-state index in [4.69, 9.17) is 4.98 Å². The zero-order valence-corrected chi connectivity index (χ0v) is 17.9. The summed E-state index contributed by atoms with van der Waals surface area (Å²) in [5, 5.41) is 0. The number of aryl methyl sites for hydroxylation is 2. The Balaban J connectivity index is 1.55. The number of benzene rings is 2. The molecule has 0 unspecified atom stereocenters. The third-order valence-corrected chi connectivity index (χ3v) is 6.07. The molecule has 0 spiro atoms. The Labute approximate surface area is 184 Å². The lowest BCUT2D eigenvalue weighted by Gasteiger charge is -2.29. The molecule has 0 saturated heterocycles. The second-order valence-electron chi connectivity index (χ2n) is 8.17. The fraction of sp³-hybridized carbons (Fsp3) is 0.292. The number of halogens is 1. The van der Waals surface area contributed by atoms with Crippen molar-refractivity contribution >= 4 is 17.1 Å². The Morgan fingerprint density at radius 1 is 0.969 bits per heavy atom. The summed E-state index contributed by atoms with van der Waals surface area (Å²) in [7, 11) is 1.64. The molecule has 8 heteroatoms. The van der Waals surface area contributed by atoms with Gasteiger partial charge in [0, 0.05) is 26.7 Å². The van der Waals surface area contributed by atoms with Gasteiger partial charge in [-0.05, 0) is 36.1 Å². The highest BCUT2D eigenvalue weighted by Crippen LogP contribution is 2.24. The minimum atomic E-state index is -0.432. The fourth-order valence-electron chi connectivity index (χ4n) is 4.37. The topological polar surface area (TPSA) is 65.1 Å². The number of fused-ring (bicyclic) bond motifs is 3. The van der Waals surface area contributed by atoms with Gasteiger partial charge in [0.2, 0.25) is 5.95 Å². The molecule has 0 N–H and O–H groups in total. The van der Waals surface area contributed by atoms with Crippen molar-refractivity contribution in [2.24, 2.45) is 7.05 Å². The first-order valence-corrected chi connectivity index (χ1v) is 10.8. The van der Waals surface area contributed by atoms with Gasteiger partial charge in [0.15, 0.2) is 11.2 Å². The molecule has 164 valence electrons. The number of aromatic nitrogens is 4. The number of imidazole rings is 1. The van der Waals surface area contributed by atoms with E-state index in [1.165, 1.54) is 26.8 Å². The molecule has 0 atom stereocenters. The van der Waals surface area contributed by atoms with Crippen LogP contribution in [-0.4, -0.2) is 31.8 Å². The van der Waals surface area contributed by atoms with E-state index in [0.29, 0.717) is 23.3 Å². The van der Waals surface area contributed by atoms with Crippen molar-refractivity contribution in [3.05, 3.63) is 92.4 Å². The Hall–Kier alpha value is -3.68. The Bertz CT molecular complexity index is 1390. The van der Waals surface area contributed by atoms with Crippen LogP contribution in [0.5, 0.6) is 0 Å². The molecule has 3 heterocycles. The van der Waals surface area contributed by atoms with Crippen molar-refractivity contribution in [2.75, 3.05) is 18.0 Å². The molecular weight excluding hydrogens is 409 g/mol. The molecule has 1 aliphatic heterocycles. The van der Waals surface area contributed by atoms with Crippen LogP contribution in [0, 0.1) is 5.82 Å². The van der Waals surface area contributed by atoms with Gasteiger partial charge in [-0.25, -0.2) is 9.18 Å². The predicted molar refractivity (Wildman–Crippen MR) is 122 cm³/mol. The minimum absolute atomic E-state index is 0.0833. The first-order valence-electron chi connectivity index (χ1n) is 10.8. The van der Waals surface area contributed by atoms with E-state index in [2.05, 4.69) is 17.0 Å². The number of hydrogen-bond donors (Lipinski definition) is 0. The first kappa shape index (κ1) is 20.2. The molecule has 4 aromatic rings. The van der Waals surface area contributed by atoms with Crippen LogP contribution in [0.1, 0.15) is 17.5 Å². The molecule has 1 aliphatic rings. The van der Waals surface area contributed by atoms with Crippen molar-refractivity contribution in [2.45, 2.75) is 25.9 Å². The molecule has 0 amide bonds. The quantitative estimate of drug-likeness (QED) is 0.485. The number of anilines is 1. The molecule has 7 nitrogen and oxygen atoms in total. The van der Waals surface area contributed by atoms with E-state index >= 15 is 0 Å². The maximum atomic E-state index is 13.4. The van der Waals surface area contributed by atoms with E-state index in [0.717, 1.165) is 31.9 Å². The second kappa shape index (κ2) is 8.11. The highest BCUT2D eigenvalue weighted by atomic mass is 19.1. The van der Waals surface area contributed by atoms with E-state index in [1.54, 1.807) is 19.2 Å². The minimum Gasteiger partial charge on any atom is -0.342 e. The zero-order valence-electron chi connectivity index (χ0n) is 17.9. The van der Waals surface area contributed by atoms with Crippen LogP contribution < -0.4 is 16.1 Å². The van der Waals surface area contributed by atoms with Crippen LogP contribution in [0.2, 0.25) is 0 Å². The number of hydrogen-bond acceptors (Lipinski definition) is 4. The Kier molecular flexibility index (Phi) is 5.13. The van der Waals surface area contributed by atoms with E-state index in [1.807, 2.05) is 22.8 Å². The molecule has 0 aliphatic carbocycles. The predicted octanol–water partition coefficient (Wildman–Crippen LogP) is 2.54. The molecule has 2 aromatic heterocycles.